The van der Waals surface area contributed by atoms with Crippen LogP contribution in [0, 0.1) is 6.92 Å². The molecule has 0 saturated carbocycles. The second-order valence-electron chi connectivity index (χ2n) is 4.87. The fraction of sp³-hybridized carbons (Fsp3) is 0.500. The van der Waals surface area contributed by atoms with E-state index in [4.69, 9.17) is 5.73 Å². The van der Waals surface area contributed by atoms with Crippen LogP contribution in [0.2, 0.25) is 0 Å². The van der Waals surface area contributed by atoms with Gasteiger partial charge in [-0.2, -0.15) is 0 Å². The van der Waals surface area contributed by atoms with Gasteiger partial charge >= 0.3 is 0 Å². The van der Waals surface area contributed by atoms with E-state index in [1.54, 1.807) is 0 Å². The minimum Gasteiger partial charge on any atom is -0.341 e. The molecule has 0 radical (unpaired) electrons. The monoisotopic (exact) mass is 232 g/mol. The Morgan fingerprint density at radius 3 is 2.71 bits per heavy atom. The first-order valence-electron chi connectivity index (χ1n) is 6.24. The molecule has 2 rings (SSSR count). The van der Waals surface area contributed by atoms with Gasteiger partial charge in [0.25, 0.3) is 0 Å². The number of nitrogens with two attached hydrogens (primary N) is 1. The van der Waals surface area contributed by atoms with Crippen LogP contribution >= 0.6 is 0 Å². The van der Waals surface area contributed by atoms with E-state index in [9.17, 15) is 4.79 Å². The highest BCUT2D eigenvalue weighted by molar-refractivity contribution is 5.76. The zero-order valence-electron chi connectivity index (χ0n) is 10.4. The Bertz CT molecular complexity index is 386. The maximum atomic E-state index is 11.9. The summed E-state index contributed by atoms with van der Waals surface area (Å²) in [5.41, 5.74) is 8.28. The Hall–Kier alpha value is -1.35. The second-order valence-corrected chi connectivity index (χ2v) is 4.87. The molecule has 1 atom stereocenters. The van der Waals surface area contributed by atoms with Crippen LogP contribution in [-0.4, -0.2) is 29.9 Å². The summed E-state index contributed by atoms with van der Waals surface area (Å²) in [5.74, 6) is 0.235. The van der Waals surface area contributed by atoms with E-state index in [0.29, 0.717) is 6.42 Å². The van der Waals surface area contributed by atoms with Gasteiger partial charge in [-0.05, 0) is 25.3 Å². The Kier molecular flexibility index (Phi) is 3.79. The molecule has 92 valence electrons. The van der Waals surface area contributed by atoms with Gasteiger partial charge in [0.15, 0.2) is 0 Å². The Morgan fingerprint density at radius 1 is 1.41 bits per heavy atom. The Labute approximate surface area is 103 Å². The predicted octanol–water partition coefficient (Wildman–Crippen LogP) is 1.49. The van der Waals surface area contributed by atoms with Gasteiger partial charge in [-0.3, -0.25) is 4.79 Å². The first kappa shape index (κ1) is 12.1. The Balaban J connectivity index is 1.82. The highest BCUT2D eigenvalue weighted by Crippen LogP contribution is 2.11. The number of rotatable bonds is 3. The topological polar surface area (TPSA) is 46.3 Å². The van der Waals surface area contributed by atoms with E-state index >= 15 is 0 Å². The van der Waals surface area contributed by atoms with Crippen molar-refractivity contribution < 1.29 is 4.79 Å². The molecule has 1 aliphatic heterocycles. The summed E-state index contributed by atoms with van der Waals surface area (Å²) in [5, 5.41) is 0. The van der Waals surface area contributed by atoms with Crippen LogP contribution in [0.3, 0.4) is 0 Å². The summed E-state index contributed by atoms with van der Waals surface area (Å²) in [4.78, 5) is 13.8. The lowest BCUT2D eigenvalue weighted by molar-refractivity contribution is -0.130. The van der Waals surface area contributed by atoms with E-state index in [1.165, 1.54) is 11.1 Å². The largest absolute Gasteiger partial charge is 0.341 e. The number of carbonyl (C=O) groups excluding carboxylic acids is 1. The zero-order chi connectivity index (χ0) is 12.3. The number of hydrogen-bond acceptors (Lipinski definition) is 2. The molecule has 2 N–H and O–H groups in total. The third-order valence-electron chi connectivity index (χ3n) is 3.33. The van der Waals surface area contributed by atoms with Crippen molar-refractivity contribution in [1.29, 1.82) is 0 Å². The van der Waals surface area contributed by atoms with Crippen LogP contribution in [0.1, 0.15) is 24.0 Å². The van der Waals surface area contributed by atoms with Crippen molar-refractivity contribution in [2.24, 2.45) is 5.73 Å². The van der Waals surface area contributed by atoms with Gasteiger partial charge in [-0.15, -0.1) is 0 Å². The van der Waals surface area contributed by atoms with Crippen LogP contribution in [0.25, 0.3) is 0 Å². The van der Waals surface area contributed by atoms with E-state index < -0.39 is 0 Å². The van der Waals surface area contributed by atoms with Crippen LogP contribution in [0.5, 0.6) is 0 Å². The molecular formula is C14H20N2O. The molecule has 1 fully saturated rings. The molecule has 17 heavy (non-hydrogen) atoms. The van der Waals surface area contributed by atoms with Gasteiger partial charge in [0.1, 0.15) is 0 Å². The average molecular weight is 232 g/mol. The highest BCUT2D eigenvalue weighted by atomic mass is 16.2. The predicted molar refractivity (Wildman–Crippen MR) is 68.7 cm³/mol. The van der Waals surface area contributed by atoms with Crippen molar-refractivity contribution in [2.75, 3.05) is 13.1 Å². The van der Waals surface area contributed by atoms with Gasteiger partial charge < -0.3 is 10.6 Å². The molecule has 3 nitrogen and oxygen atoms in total. The summed E-state index contributed by atoms with van der Waals surface area (Å²) < 4.78 is 0. The minimum atomic E-state index is 0.179. The number of aryl methyl sites for hydroxylation is 2. The quantitative estimate of drug-likeness (QED) is 0.858. The number of carbonyl (C=O) groups is 1. The molecule has 0 aromatic heterocycles. The van der Waals surface area contributed by atoms with E-state index in [2.05, 4.69) is 31.2 Å². The molecule has 0 spiro atoms. The molecule has 1 amide bonds. The normalized spacial score (nSPS) is 19.6. The first-order chi connectivity index (χ1) is 8.15. The fourth-order valence-corrected chi connectivity index (χ4v) is 2.18. The van der Waals surface area contributed by atoms with Gasteiger partial charge in [0.05, 0.1) is 0 Å². The minimum absolute atomic E-state index is 0.179. The highest BCUT2D eigenvalue weighted by Gasteiger charge is 2.22. The summed E-state index contributed by atoms with van der Waals surface area (Å²) in [7, 11) is 0. The molecule has 0 bridgehead atoms. The zero-order valence-corrected chi connectivity index (χ0v) is 10.4. The van der Waals surface area contributed by atoms with Crippen molar-refractivity contribution in [3.8, 4) is 0 Å². The molecule has 1 aliphatic rings. The van der Waals surface area contributed by atoms with Crippen LogP contribution in [0.15, 0.2) is 24.3 Å². The lowest BCUT2D eigenvalue weighted by atomic mass is 10.1. The molecular weight excluding hydrogens is 212 g/mol. The lowest BCUT2D eigenvalue weighted by Gasteiger charge is -2.15. The number of likely N-dealkylation sites (tertiary alicyclic amines) is 1. The van der Waals surface area contributed by atoms with Crippen molar-refractivity contribution in [2.45, 2.75) is 32.2 Å². The van der Waals surface area contributed by atoms with Crippen LogP contribution in [-0.2, 0) is 11.2 Å². The van der Waals surface area contributed by atoms with E-state index in [1.807, 2.05) is 4.90 Å². The maximum Gasteiger partial charge on any atom is 0.222 e. The summed E-state index contributed by atoms with van der Waals surface area (Å²) in [6.45, 7) is 3.63. The number of nitrogens with zero attached hydrogens (tertiary/aromatic N) is 1. The molecule has 1 aromatic rings. The van der Waals surface area contributed by atoms with Crippen molar-refractivity contribution in [1.82, 2.24) is 4.90 Å². The number of amides is 1. The summed E-state index contributed by atoms with van der Waals surface area (Å²) >= 11 is 0. The number of benzene rings is 1. The van der Waals surface area contributed by atoms with Gasteiger partial charge in [0.2, 0.25) is 5.91 Å². The molecule has 0 aliphatic carbocycles. The standard InChI is InChI=1S/C14H20N2O/c1-11-2-4-12(5-3-11)6-7-14(17)16-9-8-13(15)10-16/h2-5,13H,6-10,15H2,1H3/t13-/m1/s1. The second kappa shape index (κ2) is 5.32. The maximum absolute atomic E-state index is 11.9. The van der Waals surface area contributed by atoms with Crippen molar-refractivity contribution in [3.05, 3.63) is 35.4 Å². The SMILES string of the molecule is Cc1ccc(CCC(=O)N2CC[C@@H](N)C2)cc1. The van der Waals surface area contributed by atoms with Crippen molar-refractivity contribution in [3.63, 3.8) is 0 Å². The third-order valence-corrected chi connectivity index (χ3v) is 3.33. The third kappa shape index (κ3) is 3.30. The number of hydrogen-bond donors (Lipinski definition) is 1. The fourth-order valence-electron chi connectivity index (χ4n) is 2.18. The van der Waals surface area contributed by atoms with Gasteiger partial charge in [-0.1, -0.05) is 29.8 Å². The molecule has 3 heteroatoms. The van der Waals surface area contributed by atoms with Gasteiger partial charge in [-0.25, -0.2) is 0 Å². The summed E-state index contributed by atoms with van der Waals surface area (Å²) in [6.07, 6.45) is 2.36. The first-order valence-corrected chi connectivity index (χ1v) is 6.24. The van der Waals surface area contributed by atoms with Crippen LogP contribution < -0.4 is 5.73 Å². The lowest BCUT2D eigenvalue weighted by Crippen LogP contribution is -2.31. The molecule has 1 heterocycles. The van der Waals surface area contributed by atoms with E-state index in [0.717, 1.165) is 25.9 Å². The molecule has 1 aromatic carbocycles. The molecule has 0 unspecified atom stereocenters. The van der Waals surface area contributed by atoms with E-state index in [-0.39, 0.29) is 11.9 Å². The van der Waals surface area contributed by atoms with Crippen LogP contribution in [0.4, 0.5) is 0 Å². The Morgan fingerprint density at radius 2 is 2.12 bits per heavy atom. The smallest absolute Gasteiger partial charge is 0.222 e. The molecule has 1 saturated heterocycles. The average Bonchev–Trinajstić information content (AvgIpc) is 2.75. The summed E-state index contributed by atoms with van der Waals surface area (Å²) in [6, 6.07) is 8.55. The van der Waals surface area contributed by atoms with Gasteiger partial charge in [0, 0.05) is 25.6 Å². The van der Waals surface area contributed by atoms with Crippen molar-refractivity contribution >= 4 is 5.91 Å².